The maximum Gasteiger partial charge on any atom is 0.180 e. The molecule has 2 N–H and O–H groups in total. The van der Waals surface area contributed by atoms with Gasteiger partial charge in [0.15, 0.2) is 5.78 Å². The van der Waals surface area contributed by atoms with E-state index in [4.69, 9.17) is 23.2 Å². The highest BCUT2D eigenvalue weighted by Gasteiger charge is 2.26. The normalized spacial score (nSPS) is 24.2. The highest BCUT2D eigenvalue weighted by Crippen LogP contribution is 2.31. The van der Waals surface area contributed by atoms with Crippen molar-refractivity contribution in [3.05, 3.63) is 21.4 Å². The molecule has 1 aliphatic heterocycles. The second kappa shape index (κ2) is 5.64. The van der Waals surface area contributed by atoms with Crippen molar-refractivity contribution >= 4 is 29.0 Å². The lowest BCUT2D eigenvalue weighted by molar-refractivity contribution is 0.0928. The van der Waals surface area contributed by atoms with E-state index in [1.807, 2.05) is 6.92 Å². The van der Waals surface area contributed by atoms with E-state index in [9.17, 15) is 4.79 Å². The summed E-state index contributed by atoms with van der Waals surface area (Å²) in [4.78, 5) is 15.2. The van der Waals surface area contributed by atoms with Gasteiger partial charge < -0.3 is 10.3 Å². The number of aryl methyl sites for hydroxylation is 1. The van der Waals surface area contributed by atoms with Crippen LogP contribution < -0.4 is 5.32 Å². The lowest BCUT2D eigenvalue weighted by Crippen LogP contribution is -2.36. The van der Waals surface area contributed by atoms with Crippen molar-refractivity contribution in [3.63, 3.8) is 0 Å². The molecule has 2 heterocycles. The highest BCUT2D eigenvalue weighted by atomic mass is 35.5. The molecule has 0 radical (unpaired) electrons. The number of piperidine rings is 1. The fourth-order valence-corrected chi connectivity index (χ4v) is 2.91. The van der Waals surface area contributed by atoms with Gasteiger partial charge in [-0.05, 0) is 38.3 Å². The van der Waals surface area contributed by atoms with E-state index >= 15 is 0 Å². The molecule has 0 aromatic carbocycles. The number of ketones is 1. The summed E-state index contributed by atoms with van der Waals surface area (Å²) in [5, 5.41) is 4.15. The van der Waals surface area contributed by atoms with Gasteiger partial charge in [-0.1, -0.05) is 30.1 Å². The fourth-order valence-electron chi connectivity index (χ4n) is 2.48. The average molecular weight is 289 g/mol. The number of nitrogens with one attached hydrogen (secondary N) is 2. The molecule has 0 bridgehead atoms. The number of hydrogen-bond acceptors (Lipinski definition) is 2. The number of hydrogen-bond donors (Lipinski definition) is 2. The second-order valence-electron chi connectivity index (χ2n) is 5.11. The van der Waals surface area contributed by atoms with E-state index in [1.165, 1.54) is 0 Å². The van der Waals surface area contributed by atoms with Gasteiger partial charge in [0.25, 0.3) is 0 Å². The quantitative estimate of drug-likeness (QED) is 0.837. The number of rotatable bonds is 3. The molecule has 0 saturated carbocycles. The van der Waals surface area contributed by atoms with Crippen LogP contribution in [0.15, 0.2) is 0 Å². The van der Waals surface area contributed by atoms with Crippen LogP contribution in [0, 0.1) is 18.8 Å². The Hall–Kier alpha value is -0.510. The molecule has 3 nitrogen and oxygen atoms in total. The number of aromatic nitrogens is 1. The minimum atomic E-state index is 0.0637. The van der Waals surface area contributed by atoms with Crippen molar-refractivity contribution in [2.24, 2.45) is 11.8 Å². The molecule has 2 atom stereocenters. The number of Topliss-reactive ketones (excluding diaryl/α,β-unsaturated/α-hetero) is 1. The number of aromatic amines is 1. The molecule has 0 amide bonds. The zero-order valence-electron chi connectivity index (χ0n) is 10.6. The maximum absolute atomic E-state index is 12.3. The lowest BCUT2D eigenvalue weighted by atomic mass is 9.84. The molecule has 1 aromatic rings. The number of halogens is 2. The smallest absolute Gasteiger partial charge is 0.180 e. The average Bonchev–Trinajstić information content (AvgIpc) is 2.60. The molecule has 100 valence electrons. The monoisotopic (exact) mass is 288 g/mol. The molecule has 1 saturated heterocycles. The van der Waals surface area contributed by atoms with Gasteiger partial charge >= 0.3 is 0 Å². The van der Waals surface area contributed by atoms with Crippen LogP contribution in [0.3, 0.4) is 0 Å². The SMILES string of the molecule is Cc1[nH]c(C(=O)C[C@@H]2CCNC[C@@H]2C)c(Cl)c1Cl. The van der Waals surface area contributed by atoms with Crippen molar-refractivity contribution < 1.29 is 4.79 Å². The van der Waals surface area contributed by atoms with Crippen molar-refractivity contribution in [3.8, 4) is 0 Å². The number of carbonyl (C=O) groups excluding carboxylic acids is 1. The molecule has 0 unspecified atom stereocenters. The topological polar surface area (TPSA) is 44.9 Å². The standard InChI is InChI=1S/C13H18Cl2N2O/c1-7-6-16-4-3-9(7)5-10(18)13-12(15)11(14)8(2)17-13/h7,9,16-17H,3-6H2,1-2H3/t7-,9-/m0/s1. The summed E-state index contributed by atoms with van der Waals surface area (Å²) in [6.07, 6.45) is 1.58. The third kappa shape index (κ3) is 2.73. The summed E-state index contributed by atoms with van der Waals surface area (Å²) in [6, 6.07) is 0. The van der Waals surface area contributed by atoms with Gasteiger partial charge in [-0.2, -0.15) is 0 Å². The molecule has 2 rings (SSSR count). The van der Waals surface area contributed by atoms with Crippen LogP contribution in [0.5, 0.6) is 0 Å². The van der Waals surface area contributed by atoms with Crippen molar-refractivity contribution in [2.45, 2.75) is 26.7 Å². The second-order valence-corrected chi connectivity index (χ2v) is 5.87. The molecule has 0 spiro atoms. The Morgan fingerprint density at radius 3 is 2.67 bits per heavy atom. The summed E-state index contributed by atoms with van der Waals surface area (Å²) < 4.78 is 0. The van der Waals surface area contributed by atoms with Gasteiger partial charge in [-0.15, -0.1) is 0 Å². The van der Waals surface area contributed by atoms with Crippen LogP contribution in [0.25, 0.3) is 0 Å². The van der Waals surface area contributed by atoms with E-state index in [0.29, 0.717) is 34.0 Å². The summed E-state index contributed by atoms with van der Waals surface area (Å²) in [7, 11) is 0. The molecule has 1 aromatic heterocycles. The number of carbonyl (C=O) groups is 1. The summed E-state index contributed by atoms with van der Waals surface area (Å²) in [5.74, 6) is 1.01. The third-order valence-corrected chi connectivity index (χ3v) is 4.69. The van der Waals surface area contributed by atoms with E-state index in [0.717, 1.165) is 25.2 Å². The Kier molecular flexibility index (Phi) is 4.36. The molecular weight excluding hydrogens is 271 g/mol. The van der Waals surface area contributed by atoms with Crippen LogP contribution in [-0.4, -0.2) is 23.9 Å². The van der Waals surface area contributed by atoms with Crippen LogP contribution >= 0.6 is 23.2 Å². The van der Waals surface area contributed by atoms with E-state index < -0.39 is 0 Å². The van der Waals surface area contributed by atoms with Crippen LogP contribution in [0.2, 0.25) is 10.0 Å². The largest absolute Gasteiger partial charge is 0.354 e. The minimum absolute atomic E-state index is 0.0637. The molecule has 0 aliphatic carbocycles. The first-order valence-corrected chi connectivity index (χ1v) is 7.03. The lowest BCUT2D eigenvalue weighted by Gasteiger charge is -2.28. The van der Waals surface area contributed by atoms with Crippen LogP contribution in [-0.2, 0) is 0 Å². The van der Waals surface area contributed by atoms with E-state index in [2.05, 4.69) is 17.2 Å². The zero-order chi connectivity index (χ0) is 13.3. The predicted octanol–water partition coefficient (Wildman–Crippen LogP) is 3.45. The maximum atomic E-state index is 12.3. The van der Waals surface area contributed by atoms with Gasteiger partial charge in [-0.25, -0.2) is 0 Å². The zero-order valence-corrected chi connectivity index (χ0v) is 12.2. The molecular formula is C13H18Cl2N2O. The highest BCUT2D eigenvalue weighted by molar-refractivity contribution is 6.44. The first-order valence-electron chi connectivity index (χ1n) is 6.28. The summed E-state index contributed by atoms with van der Waals surface area (Å²) >= 11 is 12.1. The third-order valence-electron chi connectivity index (χ3n) is 3.74. The minimum Gasteiger partial charge on any atom is -0.354 e. The van der Waals surface area contributed by atoms with Gasteiger partial charge in [0.2, 0.25) is 0 Å². The summed E-state index contributed by atoms with van der Waals surface area (Å²) in [6.45, 7) is 5.97. The Morgan fingerprint density at radius 1 is 1.39 bits per heavy atom. The van der Waals surface area contributed by atoms with Gasteiger partial charge in [0.1, 0.15) is 5.69 Å². The van der Waals surface area contributed by atoms with E-state index in [1.54, 1.807) is 0 Å². The molecule has 18 heavy (non-hydrogen) atoms. The first-order chi connectivity index (χ1) is 8.50. The Labute approximate surface area is 117 Å². The molecule has 1 aliphatic rings. The van der Waals surface area contributed by atoms with Gasteiger partial charge in [0.05, 0.1) is 10.0 Å². The van der Waals surface area contributed by atoms with Crippen molar-refractivity contribution in [1.82, 2.24) is 10.3 Å². The van der Waals surface area contributed by atoms with E-state index in [-0.39, 0.29) is 5.78 Å². The summed E-state index contributed by atoms with van der Waals surface area (Å²) in [5.41, 5.74) is 1.22. The van der Waals surface area contributed by atoms with Crippen LogP contribution in [0.4, 0.5) is 0 Å². The van der Waals surface area contributed by atoms with Crippen LogP contribution in [0.1, 0.15) is 35.9 Å². The van der Waals surface area contributed by atoms with Gasteiger partial charge in [0, 0.05) is 12.1 Å². The Morgan fingerprint density at radius 2 is 2.11 bits per heavy atom. The predicted molar refractivity (Wildman–Crippen MR) is 74.6 cm³/mol. The molecule has 1 fully saturated rings. The fraction of sp³-hybridized carbons (Fsp3) is 0.615. The Balaban J connectivity index is 2.09. The first kappa shape index (κ1) is 13.9. The van der Waals surface area contributed by atoms with Crippen molar-refractivity contribution in [1.29, 1.82) is 0 Å². The Bertz CT molecular complexity index is 456. The molecule has 5 heteroatoms. The van der Waals surface area contributed by atoms with Gasteiger partial charge in [-0.3, -0.25) is 4.79 Å². The van der Waals surface area contributed by atoms with Crippen molar-refractivity contribution in [2.75, 3.05) is 13.1 Å². The number of H-pyrrole nitrogens is 1.